The van der Waals surface area contributed by atoms with Gasteiger partial charge >= 0.3 is 0 Å². The van der Waals surface area contributed by atoms with Crippen molar-refractivity contribution in [1.82, 2.24) is 15.1 Å². The number of carbonyl (C=O) groups excluding carboxylic acids is 2. The van der Waals surface area contributed by atoms with Crippen molar-refractivity contribution >= 4 is 12.3 Å². The molecule has 3 aliphatic rings. The Balaban J connectivity index is 0.00000130. The lowest BCUT2D eigenvalue weighted by Crippen LogP contribution is -2.55. The number of nitrogens with zero attached hydrogens (tertiary/aromatic N) is 2. The molecule has 13 heteroatoms. The monoisotopic (exact) mass is 641 g/mol. The molecule has 7 N–H and O–H groups in total. The first-order chi connectivity index (χ1) is 21.4. The van der Waals surface area contributed by atoms with Gasteiger partial charge < -0.3 is 50.5 Å². The Morgan fingerprint density at radius 1 is 1.11 bits per heavy atom. The van der Waals surface area contributed by atoms with Gasteiger partial charge in [-0.15, -0.1) is 0 Å². The van der Waals surface area contributed by atoms with Gasteiger partial charge in [0.2, 0.25) is 12.3 Å². The smallest absolute Gasteiger partial charge is 0.227 e. The van der Waals surface area contributed by atoms with Gasteiger partial charge in [0.1, 0.15) is 29.9 Å². The highest BCUT2D eigenvalue weighted by Gasteiger charge is 2.53. The van der Waals surface area contributed by atoms with Gasteiger partial charge in [0.05, 0.1) is 25.7 Å². The predicted octanol–water partition coefficient (Wildman–Crippen LogP) is -0.343. The quantitative estimate of drug-likeness (QED) is 0.0931. The van der Waals surface area contributed by atoms with Crippen molar-refractivity contribution < 1.29 is 49.4 Å². The van der Waals surface area contributed by atoms with E-state index in [1.807, 2.05) is 4.90 Å². The van der Waals surface area contributed by atoms with Crippen molar-refractivity contribution in [2.24, 2.45) is 17.3 Å². The Labute approximate surface area is 264 Å². The first-order valence-electron chi connectivity index (χ1n) is 16.0. The van der Waals surface area contributed by atoms with Crippen molar-refractivity contribution in [2.45, 2.75) is 82.9 Å². The summed E-state index contributed by atoms with van der Waals surface area (Å²) in [6.07, 6.45) is -0.111. The highest BCUT2D eigenvalue weighted by atomic mass is 19.1. The first kappa shape index (κ1) is 37.1. The summed E-state index contributed by atoms with van der Waals surface area (Å²) in [4.78, 5) is 27.0. The lowest BCUT2D eigenvalue weighted by Gasteiger charge is -2.39. The Morgan fingerprint density at radius 2 is 1.76 bits per heavy atom. The topological polar surface area (TPSA) is 183 Å². The minimum Gasteiger partial charge on any atom is -0.493 e. The Kier molecular flexibility index (Phi) is 14.4. The summed E-state index contributed by atoms with van der Waals surface area (Å²) >= 11 is 0. The summed E-state index contributed by atoms with van der Waals surface area (Å²) in [6, 6.07) is 4.61. The fourth-order valence-corrected chi connectivity index (χ4v) is 6.10. The number of hydrogen-bond donors (Lipinski definition) is 7. The Bertz CT molecular complexity index is 1060. The molecule has 12 nitrogen and oxygen atoms in total. The molecule has 5 atom stereocenters. The fraction of sp³-hybridized carbons (Fsp3) is 0.750. The third kappa shape index (κ3) is 11.1. The van der Waals surface area contributed by atoms with E-state index in [1.165, 1.54) is 12.5 Å². The second kappa shape index (κ2) is 17.5. The van der Waals surface area contributed by atoms with Gasteiger partial charge in [0, 0.05) is 57.4 Å². The number of nitrogens with one attached hydrogen (secondary N) is 1. The third-order valence-corrected chi connectivity index (χ3v) is 9.06. The molecule has 1 spiro atoms. The summed E-state index contributed by atoms with van der Waals surface area (Å²) in [7, 11) is 0. The average molecular weight is 642 g/mol. The summed E-state index contributed by atoms with van der Waals surface area (Å²) in [5.41, 5.74) is 0.724. The summed E-state index contributed by atoms with van der Waals surface area (Å²) in [6.45, 7) is 6.31. The zero-order chi connectivity index (χ0) is 33.1. The minimum absolute atomic E-state index is 0.0385. The molecule has 1 unspecified atom stereocenters. The van der Waals surface area contributed by atoms with Crippen LogP contribution in [-0.2, 0) is 16.0 Å². The maximum Gasteiger partial charge on any atom is 0.227 e. The van der Waals surface area contributed by atoms with E-state index in [1.54, 1.807) is 30.9 Å². The number of piperidine rings is 1. The Hall–Kier alpha value is -2.39. The molecule has 4 rings (SSSR count). The molecular weight excluding hydrogens is 589 g/mol. The number of halogens is 1. The number of carbonyl (C=O) groups is 2. The largest absolute Gasteiger partial charge is 0.493 e. The highest BCUT2D eigenvalue weighted by molar-refractivity contribution is 5.79. The molecule has 1 aromatic carbocycles. The van der Waals surface area contributed by atoms with Crippen LogP contribution in [0.25, 0.3) is 0 Å². The molecule has 0 bridgehead atoms. The van der Waals surface area contributed by atoms with Crippen molar-refractivity contribution in [2.75, 3.05) is 52.5 Å². The molecule has 2 amide bonds. The zero-order valence-electron chi connectivity index (χ0n) is 26.4. The van der Waals surface area contributed by atoms with Crippen LogP contribution in [0.1, 0.15) is 51.5 Å². The van der Waals surface area contributed by atoms with E-state index >= 15 is 0 Å². The first-order valence-corrected chi connectivity index (χ1v) is 16.0. The van der Waals surface area contributed by atoms with Crippen LogP contribution in [0.4, 0.5) is 4.39 Å². The molecule has 2 aliphatic heterocycles. The van der Waals surface area contributed by atoms with E-state index in [9.17, 15) is 34.4 Å². The van der Waals surface area contributed by atoms with Gasteiger partial charge in [0.15, 0.2) is 0 Å². The van der Waals surface area contributed by atoms with Crippen molar-refractivity contribution in [3.63, 3.8) is 0 Å². The number of amides is 2. The van der Waals surface area contributed by atoms with Gasteiger partial charge in [-0.2, -0.15) is 0 Å². The normalized spacial score (nSPS) is 21.8. The number of hydrogen-bond acceptors (Lipinski definition) is 10. The standard InChI is InChI=1S/C29H44FN3O8.C3H8O/c30-23-11-22(41-9-1-2-21-12-29(21)5-7-32(18-35)8-6-29)4-3-20(23)10-26(38)33-15-19(16-33)13-31-14-24(36)27(39)28(40)25(37)17-34;1-3(2)4/h3-4,11,18-19,21,24-25,27-28,31,34,36-37,39-40H,1-2,5-10,12-17H2;3-4H,1-2H3/t21?,24-,25+,27+,28+;/m0./s1. The second-order valence-corrected chi connectivity index (χ2v) is 13.0. The molecule has 0 radical (unpaired) electrons. The molecule has 2 saturated heterocycles. The molecule has 3 fully saturated rings. The van der Waals surface area contributed by atoms with E-state index in [4.69, 9.17) is 14.9 Å². The lowest BCUT2D eigenvalue weighted by molar-refractivity contribution is -0.136. The van der Waals surface area contributed by atoms with E-state index in [0.29, 0.717) is 48.9 Å². The lowest BCUT2D eigenvalue weighted by atomic mass is 9.90. The molecule has 0 aromatic heterocycles. The molecule has 256 valence electrons. The maximum absolute atomic E-state index is 14.7. The molecule has 2 heterocycles. The van der Waals surface area contributed by atoms with E-state index in [-0.39, 0.29) is 30.9 Å². The third-order valence-electron chi connectivity index (χ3n) is 9.06. The van der Waals surface area contributed by atoms with Crippen molar-refractivity contribution in [1.29, 1.82) is 0 Å². The SMILES string of the molecule is CC(C)O.O=CN1CCC2(CC1)CC2CCCOc1ccc(CC(=O)N2CC(CNC[C@H](O)[C@@H](O)[C@H](O)[C@H](O)CO)C2)c(F)c1. The number of benzene rings is 1. The number of ether oxygens (including phenoxy) is 1. The average Bonchev–Trinajstić information content (AvgIpc) is 3.67. The fourth-order valence-electron chi connectivity index (χ4n) is 6.10. The van der Waals surface area contributed by atoms with Crippen LogP contribution < -0.4 is 10.1 Å². The number of aliphatic hydroxyl groups excluding tert-OH is 6. The minimum atomic E-state index is -1.67. The second-order valence-electron chi connectivity index (χ2n) is 13.0. The van der Waals surface area contributed by atoms with Crippen LogP contribution in [0.2, 0.25) is 0 Å². The Morgan fingerprint density at radius 3 is 2.36 bits per heavy atom. The van der Waals surface area contributed by atoms with Crippen molar-refractivity contribution in [3.05, 3.63) is 29.6 Å². The van der Waals surface area contributed by atoms with Crippen LogP contribution in [0, 0.1) is 23.1 Å². The number of rotatable bonds is 16. The van der Waals surface area contributed by atoms with Gasteiger partial charge in [-0.1, -0.05) is 6.07 Å². The van der Waals surface area contributed by atoms with Crippen LogP contribution in [0.5, 0.6) is 5.75 Å². The van der Waals surface area contributed by atoms with Gasteiger partial charge in [-0.25, -0.2) is 4.39 Å². The van der Waals surface area contributed by atoms with Gasteiger partial charge in [0.25, 0.3) is 0 Å². The van der Waals surface area contributed by atoms with Crippen LogP contribution >= 0.6 is 0 Å². The molecule has 1 aliphatic carbocycles. The zero-order valence-corrected chi connectivity index (χ0v) is 26.4. The van der Waals surface area contributed by atoms with Crippen molar-refractivity contribution in [3.8, 4) is 5.75 Å². The maximum atomic E-state index is 14.7. The van der Waals surface area contributed by atoms with Crippen LogP contribution in [-0.4, -0.2) is 136 Å². The van der Waals surface area contributed by atoms with E-state index in [2.05, 4.69) is 5.32 Å². The van der Waals surface area contributed by atoms with E-state index < -0.39 is 36.8 Å². The molecule has 45 heavy (non-hydrogen) atoms. The van der Waals surface area contributed by atoms with Gasteiger partial charge in [-0.05, 0) is 68.9 Å². The van der Waals surface area contributed by atoms with Crippen LogP contribution in [0.3, 0.4) is 0 Å². The predicted molar refractivity (Wildman–Crippen MR) is 164 cm³/mol. The molecular formula is C32H52FN3O9. The summed E-state index contributed by atoms with van der Waals surface area (Å²) < 4.78 is 20.4. The van der Waals surface area contributed by atoms with Crippen LogP contribution in [0.15, 0.2) is 18.2 Å². The number of aliphatic hydroxyl groups is 6. The molecule has 1 aromatic rings. The highest BCUT2D eigenvalue weighted by Crippen LogP contribution is 2.61. The van der Waals surface area contributed by atoms with Gasteiger partial charge in [-0.3, -0.25) is 9.59 Å². The summed E-state index contributed by atoms with van der Waals surface area (Å²) in [5, 5.41) is 58.7. The van der Waals surface area contributed by atoms with E-state index in [0.717, 1.165) is 45.2 Å². The number of likely N-dealkylation sites (tertiary alicyclic amines) is 2. The summed E-state index contributed by atoms with van der Waals surface area (Å²) in [5.74, 6) is 0.616. The molecule has 1 saturated carbocycles.